The lowest BCUT2D eigenvalue weighted by atomic mass is 9.90. The Labute approximate surface area is 261 Å². The minimum Gasteiger partial charge on any atom is -0.481 e. The SMILES string of the molecule is C/C=C(\CN(c1ccccc1F)S(=O)(=O)C(C)C)N1C(O)[C@H](CC(=O)O)O[C@H](c2cccc(Cl)c2)C1c1ccc(Cl)cc1. The summed E-state index contributed by atoms with van der Waals surface area (Å²) >= 11 is 12.5. The predicted molar refractivity (Wildman–Crippen MR) is 165 cm³/mol. The van der Waals surface area contributed by atoms with E-state index in [9.17, 15) is 23.4 Å². The zero-order valence-corrected chi connectivity index (χ0v) is 26.1. The van der Waals surface area contributed by atoms with E-state index >= 15 is 4.39 Å². The number of carboxylic acids is 1. The summed E-state index contributed by atoms with van der Waals surface area (Å²) in [6.07, 6.45) is -2.52. The number of carboxylic acid groups (broad SMARTS) is 1. The van der Waals surface area contributed by atoms with Crippen LogP contribution in [0.5, 0.6) is 0 Å². The van der Waals surface area contributed by atoms with Crippen LogP contribution in [0.1, 0.15) is 50.5 Å². The molecule has 2 N–H and O–H groups in total. The Morgan fingerprint density at radius 1 is 1.05 bits per heavy atom. The van der Waals surface area contributed by atoms with Gasteiger partial charge >= 0.3 is 5.97 Å². The molecule has 0 amide bonds. The second kappa shape index (κ2) is 13.7. The molecule has 0 radical (unpaired) electrons. The highest BCUT2D eigenvalue weighted by Crippen LogP contribution is 2.46. The first kappa shape index (κ1) is 32.8. The van der Waals surface area contributed by atoms with Gasteiger partial charge in [-0.1, -0.05) is 65.7 Å². The van der Waals surface area contributed by atoms with Crippen molar-refractivity contribution >= 4 is 44.9 Å². The summed E-state index contributed by atoms with van der Waals surface area (Å²) in [5, 5.41) is 21.4. The fourth-order valence-corrected chi connectivity index (χ4v) is 6.69. The van der Waals surface area contributed by atoms with E-state index in [1.807, 2.05) is 0 Å². The van der Waals surface area contributed by atoms with E-state index in [0.29, 0.717) is 26.9 Å². The van der Waals surface area contributed by atoms with Gasteiger partial charge in [-0.25, -0.2) is 12.8 Å². The third-order valence-corrected chi connectivity index (χ3v) is 9.90. The molecule has 43 heavy (non-hydrogen) atoms. The number of aliphatic carboxylic acids is 1. The molecule has 2 unspecified atom stereocenters. The summed E-state index contributed by atoms with van der Waals surface area (Å²) in [5.74, 6) is -1.93. The lowest BCUT2D eigenvalue weighted by Crippen LogP contribution is -2.55. The first-order valence-corrected chi connectivity index (χ1v) is 15.9. The van der Waals surface area contributed by atoms with Gasteiger partial charge in [-0.05, 0) is 68.3 Å². The molecule has 4 atom stereocenters. The normalized spacial score (nSPS) is 21.2. The molecule has 1 saturated heterocycles. The number of hydrogen-bond donors (Lipinski definition) is 2. The maximum atomic E-state index is 15.1. The molecule has 3 aromatic carbocycles. The van der Waals surface area contributed by atoms with Crippen LogP contribution < -0.4 is 4.31 Å². The number of rotatable bonds is 10. The summed E-state index contributed by atoms with van der Waals surface area (Å²) < 4.78 is 49.7. The van der Waals surface area contributed by atoms with E-state index in [4.69, 9.17) is 27.9 Å². The Morgan fingerprint density at radius 2 is 1.72 bits per heavy atom. The zero-order valence-electron chi connectivity index (χ0n) is 23.8. The van der Waals surface area contributed by atoms with Crippen LogP contribution >= 0.6 is 23.2 Å². The van der Waals surface area contributed by atoms with Crippen molar-refractivity contribution in [3.8, 4) is 0 Å². The fraction of sp³-hybridized carbons (Fsp3) is 0.323. The standard InChI is InChI=1S/C31H33Cl2FN2O6S/c1-4-24(18-35(43(40,41)19(2)3)26-11-6-5-10-25(26)34)36-29(20-12-14-22(32)15-13-20)30(21-8-7-9-23(33)16-21)42-27(31(36)39)17-28(37)38/h4-16,19,27,29-31,39H,17-18H2,1-3H3,(H,37,38)/b24-4+/t27-,29?,30+,31?/m0/s1. The van der Waals surface area contributed by atoms with Gasteiger partial charge in [-0.3, -0.25) is 9.10 Å². The number of carbonyl (C=O) groups is 1. The van der Waals surface area contributed by atoms with E-state index in [-0.39, 0.29) is 12.2 Å². The topological polar surface area (TPSA) is 107 Å². The lowest BCUT2D eigenvalue weighted by Gasteiger charge is -2.50. The second-order valence-electron chi connectivity index (χ2n) is 10.4. The smallest absolute Gasteiger partial charge is 0.306 e. The quantitative estimate of drug-likeness (QED) is 0.256. The number of aliphatic hydroxyl groups is 1. The van der Waals surface area contributed by atoms with Crippen LogP contribution in [-0.2, 0) is 19.6 Å². The maximum Gasteiger partial charge on any atom is 0.306 e. The molecule has 8 nitrogen and oxygen atoms in total. The molecule has 0 saturated carbocycles. The Balaban J connectivity index is 1.92. The monoisotopic (exact) mass is 650 g/mol. The average molecular weight is 652 g/mol. The van der Waals surface area contributed by atoms with E-state index < -0.39 is 58.0 Å². The Hall–Kier alpha value is -3.15. The molecule has 1 aliphatic rings. The van der Waals surface area contributed by atoms with Gasteiger partial charge in [-0.2, -0.15) is 0 Å². The van der Waals surface area contributed by atoms with Gasteiger partial charge in [0.25, 0.3) is 0 Å². The van der Waals surface area contributed by atoms with Crippen LogP contribution in [0.4, 0.5) is 10.1 Å². The van der Waals surface area contributed by atoms with Crippen molar-refractivity contribution in [1.29, 1.82) is 0 Å². The highest BCUT2D eigenvalue weighted by Gasteiger charge is 2.46. The minimum atomic E-state index is -4.08. The largest absolute Gasteiger partial charge is 0.481 e. The van der Waals surface area contributed by atoms with Gasteiger partial charge < -0.3 is 19.8 Å². The minimum absolute atomic E-state index is 0.158. The van der Waals surface area contributed by atoms with Crippen LogP contribution in [0.25, 0.3) is 0 Å². The number of hydrogen-bond acceptors (Lipinski definition) is 6. The highest BCUT2D eigenvalue weighted by molar-refractivity contribution is 7.93. The molecular formula is C31H33Cl2FN2O6S. The highest BCUT2D eigenvalue weighted by atomic mass is 35.5. The Morgan fingerprint density at radius 3 is 2.30 bits per heavy atom. The van der Waals surface area contributed by atoms with Crippen molar-refractivity contribution in [2.45, 2.75) is 56.9 Å². The number of anilines is 1. The van der Waals surface area contributed by atoms with Crippen molar-refractivity contribution in [1.82, 2.24) is 4.90 Å². The molecule has 0 spiro atoms. The number of nitrogens with zero attached hydrogens (tertiary/aromatic N) is 2. The van der Waals surface area contributed by atoms with Gasteiger partial charge in [0.15, 0.2) is 6.23 Å². The molecule has 1 heterocycles. The number of benzene rings is 3. The van der Waals surface area contributed by atoms with E-state index in [1.165, 1.54) is 38.1 Å². The average Bonchev–Trinajstić information content (AvgIpc) is 2.95. The number of ether oxygens (including phenoxy) is 1. The molecule has 1 aliphatic heterocycles. The number of para-hydroxylation sites is 1. The molecule has 1 fully saturated rings. The van der Waals surface area contributed by atoms with Crippen LogP contribution in [0.15, 0.2) is 84.6 Å². The van der Waals surface area contributed by atoms with E-state index in [2.05, 4.69) is 0 Å². The molecule has 0 aromatic heterocycles. The Bertz CT molecular complexity index is 1590. The molecule has 12 heteroatoms. The van der Waals surface area contributed by atoms with Crippen molar-refractivity contribution in [2.24, 2.45) is 0 Å². The first-order valence-electron chi connectivity index (χ1n) is 13.6. The first-order chi connectivity index (χ1) is 20.3. The van der Waals surface area contributed by atoms with Gasteiger partial charge in [0.2, 0.25) is 10.0 Å². The Kier molecular flexibility index (Phi) is 10.4. The lowest BCUT2D eigenvalue weighted by molar-refractivity contribution is -0.212. The third kappa shape index (κ3) is 7.16. The third-order valence-electron chi connectivity index (χ3n) is 7.28. The van der Waals surface area contributed by atoms with Crippen molar-refractivity contribution in [2.75, 3.05) is 10.8 Å². The summed E-state index contributed by atoms with van der Waals surface area (Å²) in [4.78, 5) is 13.4. The van der Waals surface area contributed by atoms with E-state index in [1.54, 1.807) is 66.4 Å². The zero-order chi connectivity index (χ0) is 31.5. The van der Waals surface area contributed by atoms with Gasteiger partial charge in [0.05, 0.1) is 29.9 Å². The van der Waals surface area contributed by atoms with Crippen LogP contribution in [0, 0.1) is 5.82 Å². The summed E-state index contributed by atoms with van der Waals surface area (Å²) in [5.41, 5.74) is 1.39. The predicted octanol–water partition coefficient (Wildman–Crippen LogP) is 6.56. The molecule has 0 aliphatic carbocycles. The second-order valence-corrected chi connectivity index (χ2v) is 13.7. The van der Waals surface area contributed by atoms with Gasteiger partial charge in [0, 0.05) is 15.7 Å². The number of sulfonamides is 1. The molecule has 230 valence electrons. The summed E-state index contributed by atoms with van der Waals surface area (Å²) in [7, 11) is -4.08. The van der Waals surface area contributed by atoms with Crippen LogP contribution in [-0.4, -0.2) is 53.6 Å². The molecular weight excluding hydrogens is 618 g/mol. The summed E-state index contributed by atoms with van der Waals surface area (Å²) in [6, 6.07) is 18.5. The molecule has 0 bridgehead atoms. The van der Waals surface area contributed by atoms with Crippen molar-refractivity contribution < 1.29 is 32.6 Å². The van der Waals surface area contributed by atoms with Crippen molar-refractivity contribution in [3.63, 3.8) is 0 Å². The number of allylic oxidation sites excluding steroid dienone is 1. The van der Waals surface area contributed by atoms with E-state index in [0.717, 1.165) is 4.31 Å². The van der Waals surface area contributed by atoms with Gasteiger partial charge in [0.1, 0.15) is 18.0 Å². The molecule has 4 rings (SSSR count). The van der Waals surface area contributed by atoms with Gasteiger partial charge in [-0.15, -0.1) is 0 Å². The maximum absolute atomic E-state index is 15.1. The number of morpholine rings is 1. The number of aliphatic hydroxyl groups excluding tert-OH is 1. The van der Waals surface area contributed by atoms with Crippen molar-refractivity contribution in [3.05, 3.63) is 112 Å². The molecule has 3 aromatic rings. The summed E-state index contributed by atoms with van der Waals surface area (Å²) in [6.45, 7) is 4.30. The number of halogens is 3. The fourth-order valence-electron chi connectivity index (χ4n) is 5.13. The van der Waals surface area contributed by atoms with Crippen LogP contribution in [0.2, 0.25) is 10.0 Å². The van der Waals surface area contributed by atoms with Crippen LogP contribution in [0.3, 0.4) is 0 Å².